The molecule has 2 amide bonds. The Morgan fingerprint density at radius 1 is 0.913 bits per heavy atom. The molecule has 118 valence electrons. The number of primary amides is 1. The number of rotatable bonds is 3. The second-order valence-corrected chi connectivity index (χ2v) is 5.43. The Balaban J connectivity index is 1.80. The summed E-state index contributed by atoms with van der Waals surface area (Å²) in [4.78, 5) is 25.5. The predicted molar refractivity (Wildman–Crippen MR) is 87.1 cm³/mol. The van der Waals surface area contributed by atoms with Gasteiger partial charge in [0.15, 0.2) is 0 Å². The fraction of sp³-hybridized carbons (Fsp3) is 0.222. The summed E-state index contributed by atoms with van der Waals surface area (Å²) < 4.78 is 5.26. The van der Waals surface area contributed by atoms with E-state index >= 15 is 0 Å². The van der Waals surface area contributed by atoms with Crippen LogP contribution < -0.4 is 5.73 Å². The smallest absolute Gasteiger partial charge is 0.254 e. The quantitative estimate of drug-likeness (QED) is 0.941. The maximum atomic E-state index is 12.4. The Morgan fingerprint density at radius 3 is 2.26 bits per heavy atom. The molecule has 0 bridgehead atoms. The highest BCUT2D eigenvalue weighted by molar-refractivity contribution is 5.95. The molecule has 2 aromatic rings. The third-order valence-electron chi connectivity index (χ3n) is 3.91. The molecule has 3 rings (SSSR count). The van der Waals surface area contributed by atoms with E-state index in [0.29, 0.717) is 37.4 Å². The van der Waals surface area contributed by atoms with Crippen molar-refractivity contribution in [2.45, 2.75) is 0 Å². The summed E-state index contributed by atoms with van der Waals surface area (Å²) in [5.41, 5.74) is 8.26. The molecule has 0 saturated carbocycles. The van der Waals surface area contributed by atoms with E-state index < -0.39 is 5.91 Å². The van der Waals surface area contributed by atoms with Gasteiger partial charge in [-0.1, -0.05) is 24.3 Å². The van der Waals surface area contributed by atoms with E-state index in [2.05, 4.69) is 0 Å². The lowest BCUT2D eigenvalue weighted by molar-refractivity contribution is 0.0303. The number of amides is 2. The van der Waals surface area contributed by atoms with Gasteiger partial charge < -0.3 is 15.4 Å². The van der Waals surface area contributed by atoms with Crippen LogP contribution in [0.1, 0.15) is 20.7 Å². The average Bonchev–Trinajstić information content (AvgIpc) is 2.62. The molecule has 0 radical (unpaired) electrons. The second-order valence-electron chi connectivity index (χ2n) is 5.43. The molecule has 0 unspecified atom stereocenters. The van der Waals surface area contributed by atoms with Crippen molar-refractivity contribution in [2.24, 2.45) is 5.73 Å². The van der Waals surface area contributed by atoms with Crippen LogP contribution in [0, 0.1) is 0 Å². The van der Waals surface area contributed by atoms with E-state index in [9.17, 15) is 9.59 Å². The van der Waals surface area contributed by atoms with Crippen molar-refractivity contribution in [3.8, 4) is 11.1 Å². The fourth-order valence-electron chi connectivity index (χ4n) is 2.61. The fourth-order valence-corrected chi connectivity index (χ4v) is 2.61. The zero-order valence-electron chi connectivity index (χ0n) is 12.7. The Labute approximate surface area is 134 Å². The molecule has 2 aromatic carbocycles. The van der Waals surface area contributed by atoms with Crippen molar-refractivity contribution in [1.82, 2.24) is 4.90 Å². The van der Waals surface area contributed by atoms with Crippen LogP contribution in [0.2, 0.25) is 0 Å². The third-order valence-corrected chi connectivity index (χ3v) is 3.91. The van der Waals surface area contributed by atoms with Gasteiger partial charge in [-0.05, 0) is 35.4 Å². The molecule has 2 N–H and O–H groups in total. The maximum Gasteiger partial charge on any atom is 0.254 e. The van der Waals surface area contributed by atoms with Crippen molar-refractivity contribution in [2.75, 3.05) is 26.3 Å². The number of hydrogen-bond acceptors (Lipinski definition) is 3. The van der Waals surface area contributed by atoms with Crippen LogP contribution in [-0.4, -0.2) is 43.0 Å². The minimum absolute atomic E-state index is 0.0192. The molecular weight excluding hydrogens is 292 g/mol. The van der Waals surface area contributed by atoms with Gasteiger partial charge in [0.25, 0.3) is 5.91 Å². The van der Waals surface area contributed by atoms with Gasteiger partial charge >= 0.3 is 0 Å². The minimum Gasteiger partial charge on any atom is -0.378 e. The highest BCUT2D eigenvalue weighted by Crippen LogP contribution is 2.21. The molecule has 1 aliphatic rings. The van der Waals surface area contributed by atoms with Crippen LogP contribution in [0.15, 0.2) is 48.5 Å². The maximum absolute atomic E-state index is 12.4. The number of hydrogen-bond donors (Lipinski definition) is 1. The average molecular weight is 310 g/mol. The summed E-state index contributed by atoms with van der Waals surface area (Å²) >= 11 is 0. The third kappa shape index (κ3) is 3.40. The van der Waals surface area contributed by atoms with Crippen LogP contribution in [0.4, 0.5) is 0 Å². The summed E-state index contributed by atoms with van der Waals surface area (Å²) in [5, 5.41) is 0. The molecule has 1 heterocycles. The SMILES string of the molecule is NC(=O)c1cccc(-c2ccc(C(=O)N3CCOCC3)cc2)c1. The Hall–Kier alpha value is -2.66. The van der Waals surface area contributed by atoms with Gasteiger partial charge in [-0.15, -0.1) is 0 Å². The Morgan fingerprint density at radius 2 is 1.61 bits per heavy atom. The van der Waals surface area contributed by atoms with Crippen molar-refractivity contribution in [3.05, 3.63) is 59.7 Å². The lowest BCUT2D eigenvalue weighted by Gasteiger charge is -2.26. The molecule has 0 aromatic heterocycles. The summed E-state index contributed by atoms with van der Waals surface area (Å²) in [6.07, 6.45) is 0. The zero-order chi connectivity index (χ0) is 16.2. The van der Waals surface area contributed by atoms with Crippen molar-refractivity contribution < 1.29 is 14.3 Å². The van der Waals surface area contributed by atoms with E-state index in [-0.39, 0.29) is 5.91 Å². The van der Waals surface area contributed by atoms with Gasteiger partial charge in [0.1, 0.15) is 0 Å². The number of nitrogens with two attached hydrogens (primary N) is 1. The van der Waals surface area contributed by atoms with Crippen LogP contribution in [0.5, 0.6) is 0 Å². The number of ether oxygens (including phenoxy) is 1. The van der Waals surface area contributed by atoms with E-state index in [0.717, 1.165) is 11.1 Å². The number of benzene rings is 2. The van der Waals surface area contributed by atoms with Crippen molar-refractivity contribution >= 4 is 11.8 Å². The largest absolute Gasteiger partial charge is 0.378 e. The van der Waals surface area contributed by atoms with Gasteiger partial charge in [0.2, 0.25) is 5.91 Å². The van der Waals surface area contributed by atoms with E-state index in [4.69, 9.17) is 10.5 Å². The van der Waals surface area contributed by atoms with Crippen LogP contribution >= 0.6 is 0 Å². The summed E-state index contributed by atoms with van der Waals surface area (Å²) in [6, 6.07) is 14.5. The molecule has 1 saturated heterocycles. The first-order valence-electron chi connectivity index (χ1n) is 7.52. The normalized spacial score (nSPS) is 14.5. The van der Waals surface area contributed by atoms with Gasteiger partial charge in [-0.25, -0.2) is 0 Å². The molecule has 1 aliphatic heterocycles. The molecule has 1 fully saturated rings. The first-order valence-corrected chi connectivity index (χ1v) is 7.52. The van der Waals surface area contributed by atoms with E-state index in [1.54, 1.807) is 23.1 Å². The second kappa shape index (κ2) is 6.62. The first-order chi connectivity index (χ1) is 11.1. The Kier molecular flexibility index (Phi) is 4.39. The molecule has 5 heteroatoms. The summed E-state index contributed by atoms with van der Waals surface area (Å²) in [7, 11) is 0. The Bertz CT molecular complexity index is 719. The highest BCUT2D eigenvalue weighted by atomic mass is 16.5. The molecule has 0 spiro atoms. The lowest BCUT2D eigenvalue weighted by atomic mass is 10.0. The highest BCUT2D eigenvalue weighted by Gasteiger charge is 2.18. The first kappa shape index (κ1) is 15.2. The monoisotopic (exact) mass is 310 g/mol. The molecular formula is C18H18N2O3. The summed E-state index contributed by atoms with van der Waals surface area (Å²) in [5.74, 6) is -0.434. The topological polar surface area (TPSA) is 72.6 Å². The van der Waals surface area contributed by atoms with Crippen molar-refractivity contribution in [3.63, 3.8) is 0 Å². The molecule has 23 heavy (non-hydrogen) atoms. The summed E-state index contributed by atoms with van der Waals surface area (Å²) in [6.45, 7) is 2.43. The number of nitrogens with zero attached hydrogens (tertiary/aromatic N) is 1. The lowest BCUT2D eigenvalue weighted by Crippen LogP contribution is -2.40. The van der Waals surface area contributed by atoms with Crippen LogP contribution in [-0.2, 0) is 4.74 Å². The number of morpholine rings is 1. The van der Waals surface area contributed by atoms with Gasteiger partial charge in [-0.2, -0.15) is 0 Å². The van der Waals surface area contributed by atoms with Gasteiger partial charge in [0, 0.05) is 24.2 Å². The van der Waals surface area contributed by atoms with Gasteiger partial charge in [0.05, 0.1) is 13.2 Å². The minimum atomic E-state index is -0.453. The van der Waals surface area contributed by atoms with E-state index in [1.165, 1.54) is 0 Å². The zero-order valence-corrected chi connectivity index (χ0v) is 12.7. The standard InChI is InChI=1S/C18H18N2O3/c19-17(21)16-3-1-2-15(12-16)13-4-6-14(7-5-13)18(22)20-8-10-23-11-9-20/h1-7,12H,8-11H2,(H2,19,21). The van der Waals surface area contributed by atoms with E-state index in [1.807, 2.05) is 30.3 Å². The van der Waals surface area contributed by atoms with Crippen LogP contribution in [0.3, 0.4) is 0 Å². The number of carbonyl (C=O) groups is 2. The number of carbonyl (C=O) groups excluding carboxylic acids is 2. The molecule has 0 aliphatic carbocycles. The molecule has 5 nitrogen and oxygen atoms in total. The van der Waals surface area contributed by atoms with Gasteiger partial charge in [-0.3, -0.25) is 9.59 Å². The predicted octanol–water partition coefficient (Wildman–Crippen LogP) is 1.92. The molecule has 0 atom stereocenters. The van der Waals surface area contributed by atoms with Crippen LogP contribution in [0.25, 0.3) is 11.1 Å². The van der Waals surface area contributed by atoms with Crippen molar-refractivity contribution in [1.29, 1.82) is 0 Å².